The zero-order chi connectivity index (χ0) is 9.84. The molecule has 0 unspecified atom stereocenters. The molecule has 72 valence electrons. The highest BCUT2D eigenvalue weighted by Gasteiger charge is 2.15. The van der Waals surface area contributed by atoms with Gasteiger partial charge in [-0.25, -0.2) is 8.78 Å². The van der Waals surface area contributed by atoms with E-state index in [1.54, 1.807) is 0 Å². The third-order valence-electron chi connectivity index (χ3n) is 1.26. The Labute approximate surface area is 76.3 Å². The lowest BCUT2D eigenvalue weighted by molar-refractivity contribution is -0.379. The van der Waals surface area contributed by atoms with E-state index < -0.39 is 17.9 Å². The zero-order valence-corrected chi connectivity index (χ0v) is 7.18. The lowest BCUT2D eigenvalue weighted by Crippen LogP contribution is -2.10. The van der Waals surface area contributed by atoms with Crippen LogP contribution in [0.15, 0.2) is 11.4 Å². The number of thiophene rings is 1. The van der Waals surface area contributed by atoms with Crippen molar-refractivity contribution in [1.82, 2.24) is 0 Å². The number of nitrogens with one attached hydrogen (secondary N) is 1. The molecule has 0 aliphatic carbocycles. The molecular weight excluding hydrogens is 202 g/mol. The Hall–Kier alpha value is -1.24. The van der Waals surface area contributed by atoms with Crippen LogP contribution in [0.4, 0.5) is 19.5 Å². The van der Waals surface area contributed by atoms with Crippen LogP contribution in [0.5, 0.6) is 0 Å². The van der Waals surface area contributed by atoms with Gasteiger partial charge >= 0.3 is 5.00 Å². The standard InChI is InChI=1S/C6H6F2N2O2S/c7-5(8)3-9-4-1-2-13-6(4)10(11)12/h1-2,5,9H,3H2. The van der Waals surface area contributed by atoms with E-state index in [2.05, 4.69) is 5.32 Å². The summed E-state index contributed by atoms with van der Waals surface area (Å²) in [6.45, 7) is -0.572. The van der Waals surface area contributed by atoms with Crippen LogP contribution in [-0.4, -0.2) is 17.9 Å². The molecule has 7 heteroatoms. The van der Waals surface area contributed by atoms with Gasteiger partial charge in [0.25, 0.3) is 6.43 Å². The summed E-state index contributed by atoms with van der Waals surface area (Å²) >= 11 is 0.903. The van der Waals surface area contributed by atoms with Crippen LogP contribution < -0.4 is 5.32 Å². The van der Waals surface area contributed by atoms with Gasteiger partial charge in [-0.05, 0) is 11.4 Å². The van der Waals surface area contributed by atoms with Gasteiger partial charge in [0.1, 0.15) is 5.69 Å². The van der Waals surface area contributed by atoms with E-state index in [0.29, 0.717) is 0 Å². The summed E-state index contributed by atoms with van der Waals surface area (Å²) in [6, 6.07) is 1.41. The number of hydrogen-bond donors (Lipinski definition) is 1. The zero-order valence-electron chi connectivity index (χ0n) is 6.37. The van der Waals surface area contributed by atoms with Crippen LogP contribution in [-0.2, 0) is 0 Å². The molecule has 0 aliphatic rings. The fourth-order valence-electron chi connectivity index (χ4n) is 0.764. The molecule has 1 aromatic heterocycles. The van der Waals surface area contributed by atoms with E-state index in [1.807, 2.05) is 0 Å². The first-order chi connectivity index (χ1) is 6.11. The monoisotopic (exact) mass is 208 g/mol. The quantitative estimate of drug-likeness (QED) is 0.610. The molecule has 0 atom stereocenters. The van der Waals surface area contributed by atoms with E-state index in [-0.39, 0.29) is 10.7 Å². The molecule has 0 saturated heterocycles. The second-order valence-corrected chi connectivity index (χ2v) is 3.06. The summed E-state index contributed by atoms with van der Waals surface area (Å²) in [7, 11) is 0. The highest BCUT2D eigenvalue weighted by molar-refractivity contribution is 7.14. The summed E-state index contributed by atoms with van der Waals surface area (Å²) < 4.78 is 23.5. The number of alkyl halides is 2. The van der Waals surface area contributed by atoms with Crippen molar-refractivity contribution in [1.29, 1.82) is 0 Å². The van der Waals surface area contributed by atoms with E-state index in [0.717, 1.165) is 11.3 Å². The van der Waals surface area contributed by atoms with Crippen molar-refractivity contribution in [3.05, 3.63) is 21.6 Å². The number of halogens is 2. The average Bonchev–Trinajstić information content (AvgIpc) is 2.47. The van der Waals surface area contributed by atoms with Gasteiger partial charge in [-0.2, -0.15) is 0 Å². The van der Waals surface area contributed by atoms with Gasteiger partial charge in [0.15, 0.2) is 0 Å². The molecule has 0 fully saturated rings. The second-order valence-electron chi connectivity index (χ2n) is 2.17. The van der Waals surface area contributed by atoms with Crippen molar-refractivity contribution in [2.24, 2.45) is 0 Å². The van der Waals surface area contributed by atoms with Gasteiger partial charge in [0, 0.05) is 0 Å². The van der Waals surface area contributed by atoms with Crippen LogP contribution in [0.25, 0.3) is 0 Å². The molecule has 0 radical (unpaired) electrons. The minimum atomic E-state index is -2.51. The number of anilines is 1. The van der Waals surface area contributed by atoms with Crippen molar-refractivity contribution >= 4 is 22.0 Å². The molecule has 4 nitrogen and oxygen atoms in total. The maximum absolute atomic E-state index is 11.7. The first kappa shape index (κ1) is 9.85. The molecule has 0 bridgehead atoms. The normalized spacial score (nSPS) is 10.4. The Balaban J connectivity index is 2.65. The fourth-order valence-corrected chi connectivity index (χ4v) is 1.45. The van der Waals surface area contributed by atoms with Gasteiger partial charge in [-0.15, -0.1) is 0 Å². The van der Waals surface area contributed by atoms with Crippen molar-refractivity contribution in [3.8, 4) is 0 Å². The minimum absolute atomic E-state index is 0.138. The Kier molecular flexibility index (Phi) is 3.13. The first-order valence-electron chi connectivity index (χ1n) is 3.35. The number of nitrogens with zero attached hydrogens (tertiary/aromatic N) is 1. The van der Waals surface area contributed by atoms with E-state index in [1.165, 1.54) is 11.4 Å². The van der Waals surface area contributed by atoms with Gasteiger partial charge in [0.2, 0.25) is 0 Å². The molecule has 0 spiro atoms. The summed E-state index contributed by atoms with van der Waals surface area (Å²) in [4.78, 5) is 9.72. The van der Waals surface area contributed by atoms with Crippen LogP contribution in [0.1, 0.15) is 0 Å². The predicted molar refractivity (Wildman–Crippen MR) is 45.5 cm³/mol. The summed E-state index contributed by atoms with van der Waals surface area (Å²) in [5.41, 5.74) is 0.148. The molecule has 1 heterocycles. The highest BCUT2D eigenvalue weighted by atomic mass is 32.1. The molecule has 13 heavy (non-hydrogen) atoms. The van der Waals surface area contributed by atoms with Gasteiger partial charge in [-0.3, -0.25) is 10.1 Å². The van der Waals surface area contributed by atoms with Crippen molar-refractivity contribution in [3.63, 3.8) is 0 Å². The van der Waals surface area contributed by atoms with Crippen LogP contribution in [0, 0.1) is 10.1 Å². The van der Waals surface area contributed by atoms with Crippen LogP contribution >= 0.6 is 11.3 Å². The maximum Gasteiger partial charge on any atom is 0.347 e. The van der Waals surface area contributed by atoms with Gasteiger partial charge in [-0.1, -0.05) is 11.3 Å². The van der Waals surface area contributed by atoms with Crippen LogP contribution in [0.2, 0.25) is 0 Å². The Bertz CT molecular complexity index is 303. The number of nitro groups is 1. The Morgan fingerprint density at radius 2 is 2.38 bits per heavy atom. The third kappa shape index (κ3) is 2.62. The predicted octanol–water partition coefficient (Wildman–Crippen LogP) is 2.33. The summed E-state index contributed by atoms with van der Waals surface area (Å²) in [5, 5.41) is 13.9. The minimum Gasteiger partial charge on any atom is -0.373 e. The number of hydrogen-bond acceptors (Lipinski definition) is 4. The molecule has 1 aromatic rings. The molecule has 1 rings (SSSR count). The Morgan fingerprint density at radius 1 is 1.69 bits per heavy atom. The average molecular weight is 208 g/mol. The van der Waals surface area contributed by atoms with Gasteiger partial charge in [0.05, 0.1) is 11.5 Å². The van der Waals surface area contributed by atoms with Crippen molar-refractivity contribution < 1.29 is 13.7 Å². The first-order valence-corrected chi connectivity index (χ1v) is 4.23. The van der Waals surface area contributed by atoms with Crippen LogP contribution in [0.3, 0.4) is 0 Å². The van der Waals surface area contributed by atoms with Crippen molar-refractivity contribution in [2.75, 3.05) is 11.9 Å². The van der Waals surface area contributed by atoms with E-state index in [9.17, 15) is 18.9 Å². The molecule has 1 N–H and O–H groups in total. The summed E-state index contributed by atoms with van der Waals surface area (Å²) in [5.74, 6) is 0. The fraction of sp³-hybridized carbons (Fsp3) is 0.333. The molecule has 0 aliphatic heterocycles. The smallest absolute Gasteiger partial charge is 0.347 e. The molecule has 0 amide bonds. The SMILES string of the molecule is O=[N+]([O-])c1sccc1NCC(F)F. The van der Waals surface area contributed by atoms with Gasteiger partial charge < -0.3 is 5.32 Å². The molecular formula is C6H6F2N2O2S. The lowest BCUT2D eigenvalue weighted by atomic mass is 10.5. The third-order valence-corrected chi connectivity index (χ3v) is 2.12. The molecule has 0 saturated carbocycles. The van der Waals surface area contributed by atoms with E-state index >= 15 is 0 Å². The topological polar surface area (TPSA) is 55.2 Å². The molecule has 0 aromatic carbocycles. The Morgan fingerprint density at radius 3 is 2.92 bits per heavy atom. The number of rotatable bonds is 4. The highest BCUT2D eigenvalue weighted by Crippen LogP contribution is 2.30. The van der Waals surface area contributed by atoms with Crippen molar-refractivity contribution in [2.45, 2.75) is 6.43 Å². The second kappa shape index (κ2) is 4.13. The lowest BCUT2D eigenvalue weighted by Gasteiger charge is -2.01. The summed E-state index contributed by atoms with van der Waals surface area (Å²) in [6.07, 6.45) is -2.51. The van der Waals surface area contributed by atoms with E-state index in [4.69, 9.17) is 0 Å². The largest absolute Gasteiger partial charge is 0.373 e. The maximum atomic E-state index is 11.7.